The first kappa shape index (κ1) is 35.2. The molecular formula is C7H18B3F12IN-3. The van der Waals surface area contributed by atoms with Crippen molar-refractivity contribution >= 4 is 45.7 Å². The van der Waals surface area contributed by atoms with Gasteiger partial charge in [0.1, 0.15) is 0 Å². The summed E-state index contributed by atoms with van der Waals surface area (Å²) in [5.74, 6) is 0. The quantitative estimate of drug-likeness (QED) is 0.268. The van der Waals surface area contributed by atoms with Gasteiger partial charge in [-0.15, -0.1) is 24.0 Å². The van der Waals surface area contributed by atoms with Gasteiger partial charge in [-0.2, -0.15) is 0 Å². The van der Waals surface area contributed by atoms with E-state index in [1.54, 1.807) is 0 Å². The second-order valence-electron chi connectivity index (χ2n) is 3.91. The summed E-state index contributed by atoms with van der Waals surface area (Å²) in [4.78, 5) is 0. The van der Waals surface area contributed by atoms with Crippen molar-refractivity contribution < 1.29 is 51.8 Å². The Morgan fingerprint density at radius 2 is 0.625 bits per heavy atom. The molecular weight excluding hydrogens is 485 g/mol. The highest BCUT2D eigenvalue weighted by Gasteiger charge is 2.21. The van der Waals surface area contributed by atoms with E-state index in [1.165, 1.54) is 0 Å². The second-order valence-corrected chi connectivity index (χ2v) is 3.91. The fourth-order valence-corrected chi connectivity index (χ4v) is 0.750. The number of nitrogens with two attached hydrogens (primary N) is 1. The molecule has 0 aromatic rings. The van der Waals surface area contributed by atoms with Gasteiger partial charge < -0.3 is 57.5 Å². The zero-order valence-electron chi connectivity index (χ0n) is 12.9. The van der Waals surface area contributed by atoms with Gasteiger partial charge in [0, 0.05) is 5.54 Å². The first-order valence-electron chi connectivity index (χ1n) is 6.09. The number of hydrogen-bond acceptors (Lipinski definition) is 1. The molecule has 0 fully saturated rings. The molecule has 0 spiro atoms. The number of halogens is 13. The minimum Gasteiger partial charge on any atom is -0.418 e. The first-order valence-corrected chi connectivity index (χ1v) is 6.09. The molecule has 1 nitrogen and oxygen atoms in total. The summed E-state index contributed by atoms with van der Waals surface area (Å²) in [5, 5.41) is 0. The van der Waals surface area contributed by atoms with Gasteiger partial charge in [0.05, 0.1) is 0 Å². The van der Waals surface area contributed by atoms with Gasteiger partial charge in [-0.25, -0.2) is 0 Å². The fraction of sp³-hybridized carbons (Fsp3) is 1.00. The molecule has 0 amide bonds. The van der Waals surface area contributed by atoms with E-state index < -0.39 is 21.8 Å². The Labute approximate surface area is 149 Å². The van der Waals surface area contributed by atoms with Crippen LogP contribution in [-0.2, 0) is 0 Å². The molecule has 0 aliphatic carbocycles. The van der Waals surface area contributed by atoms with E-state index in [9.17, 15) is 51.8 Å². The zero-order valence-corrected chi connectivity index (χ0v) is 15.2. The molecule has 0 radical (unpaired) electrons. The second kappa shape index (κ2) is 15.3. The molecule has 2 N–H and O–H groups in total. The van der Waals surface area contributed by atoms with Crippen LogP contribution in [0.25, 0.3) is 0 Å². The van der Waals surface area contributed by atoms with Crippen molar-refractivity contribution in [3.63, 3.8) is 0 Å². The van der Waals surface area contributed by atoms with Crippen LogP contribution in [0.4, 0.5) is 51.8 Å². The van der Waals surface area contributed by atoms with Gasteiger partial charge in [0.2, 0.25) is 0 Å². The Morgan fingerprint density at radius 3 is 0.625 bits per heavy atom. The molecule has 0 aromatic heterocycles. The zero-order chi connectivity index (χ0) is 20.1. The lowest BCUT2D eigenvalue weighted by Gasteiger charge is -2.23. The van der Waals surface area contributed by atoms with Crippen molar-refractivity contribution in [1.29, 1.82) is 0 Å². The van der Waals surface area contributed by atoms with E-state index in [1.807, 2.05) is 0 Å². The third-order valence-electron chi connectivity index (χ3n) is 2.11. The van der Waals surface area contributed by atoms with Crippen LogP contribution in [0, 0.1) is 0 Å². The Bertz CT molecular complexity index is 210. The summed E-state index contributed by atoms with van der Waals surface area (Å²) in [7, 11) is -18.0. The molecule has 0 rings (SSSR count). The molecule has 17 heteroatoms. The Hall–Kier alpha value is 0.0448. The Balaban J connectivity index is -0.0000000677. The van der Waals surface area contributed by atoms with Crippen LogP contribution in [0.5, 0.6) is 0 Å². The van der Waals surface area contributed by atoms with Gasteiger partial charge in [-0.3, -0.25) is 0 Å². The normalized spacial score (nSPS) is 11.5. The van der Waals surface area contributed by atoms with E-state index in [2.05, 4.69) is 20.8 Å². The van der Waals surface area contributed by atoms with Crippen molar-refractivity contribution in [1.82, 2.24) is 0 Å². The van der Waals surface area contributed by atoms with Crippen LogP contribution in [0.1, 0.15) is 40.0 Å². The first-order chi connectivity index (χ1) is 9.68. The third-order valence-corrected chi connectivity index (χ3v) is 2.11. The monoisotopic (exact) mass is 504 g/mol. The van der Waals surface area contributed by atoms with E-state index in [0.717, 1.165) is 19.3 Å². The maximum Gasteiger partial charge on any atom is 0.673 e. The van der Waals surface area contributed by atoms with Crippen LogP contribution in [0.15, 0.2) is 0 Å². The van der Waals surface area contributed by atoms with Crippen molar-refractivity contribution in [3.8, 4) is 0 Å². The molecule has 0 atom stereocenters. The maximum atomic E-state index is 9.75. The van der Waals surface area contributed by atoms with Gasteiger partial charge in [-0.1, -0.05) is 20.8 Å². The summed E-state index contributed by atoms with van der Waals surface area (Å²) >= 11 is 0. The van der Waals surface area contributed by atoms with Crippen molar-refractivity contribution in [2.24, 2.45) is 5.73 Å². The molecule has 0 aliphatic rings. The summed E-state index contributed by atoms with van der Waals surface area (Å²) in [6.07, 6.45) is 3.29. The molecule has 0 aliphatic heterocycles. The SMILES string of the molecule is CCC(N)(CC)CC.F[B-](F)(F)F.F[B-](F)(F)F.F[B-](F)(F)F.I. The molecule has 154 valence electrons. The lowest BCUT2D eigenvalue weighted by Crippen LogP contribution is -2.37. The summed E-state index contributed by atoms with van der Waals surface area (Å²) in [5.41, 5.74) is 6.02. The van der Waals surface area contributed by atoms with E-state index in [-0.39, 0.29) is 29.5 Å². The summed E-state index contributed by atoms with van der Waals surface area (Å²) in [6, 6.07) is 0. The van der Waals surface area contributed by atoms with Crippen LogP contribution < -0.4 is 5.73 Å². The van der Waals surface area contributed by atoms with Crippen LogP contribution in [0.2, 0.25) is 0 Å². The number of hydrogen-bond donors (Lipinski definition) is 1. The highest BCUT2D eigenvalue weighted by Crippen LogP contribution is 2.14. The lowest BCUT2D eigenvalue weighted by molar-refractivity contribution is 0.366. The Morgan fingerprint density at radius 1 is 0.542 bits per heavy atom. The topological polar surface area (TPSA) is 26.0 Å². The fourth-order valence-electron chi connectivity index (χ4n) is 0.750. The molecule has 0 bridgehead atoms. The maximum absolute atomic E-state index is 9.75. The van der Waals surface area contributed by atoms with Crippen LogP contribution in [-0.4, -0.2) is 27.3 Å². The number of rotatable bonds is 3. The highest BCUT2D eigenvalue weighted by molar-refractivity contribution is 14.0. The third kappa shape index (κ3) is 119. The average molecular weight is 504 g/mol. The standard InChI is InChI=1S/C7H17N.3BF4.HI/c1-4-7(8,5-2)6-3;3*2-1(3,4)5;/h4-6,8H2,1-3H3;;;;1H/q;3*-1;. The van der Waals surface area contributed by atoms with Crippen molar-refractivity contribution in [2.45, 2.75) is 45.6 Å². The van der Waals surface area contributed by atoms with Crippen molar-refractivity contribution in [3.05, 3.63) is 0 Å². The van der Waals surface area contributed by atoms with Crippen LogP contribution >= 0.6 is 24.0 Å². The Kier molecular flexibility index (Phi) is 22.5. The van der Waals surface area contributed by atoms with E-state index >= 15 is 0 Å². The van der Waals surface area contributed by atoms with Gasteiger partial charge in [-0.05, 0) is 19.3 Å². The molecule has 0 saturated heterocycles. The highest BCUT2D eigenvalue weighted by atomic mass is 127. The average Bonchev–Trinajstić information content (AvgIpc) is 2.21. The summed E-state index contributed by atoms with van der Waals surface area (Å²) < 4.78 is 117. The largest absolute Gasteiger partial charge is 0.673 e. The summed E-state index contributed by atoms with van der Waals surface area (Å²) in [6.45, 7) is 6.44. The van der Waals surface area contributed by atoms with E-state index in [0.29, 0.717) is 0 Å². The predicted octanol–water partition coefficient (Wildman–Crippen LogP) is 6.43. The van der Waals surface area contributed by atoms with Gasteiger partial charge in [0.15, 0.2) is 0 Å². The van der Waals surface area contributed by atoms with Crippen molar-refractivity contribution in [2.75, 3.05) is 0 Å². The lowest BCUT2D eigenvalue weighted by atomic mass is 9.92. The molecule has 0 heterocycles. The predicted molar refractivity (Wildman–Crippen MR) is 83.8 cm³/mol. The van der Waals surface area contributed by atoms with Gasteiger partial charge in [0.25, 0.3) is 0 Å². The minimum atomic E-state index is -6.00. The molecule has 0 aromatic carbocycles. The smallest absolute Gasteiger partial charge is 0.418 e. The van der Waals surface area contributed by atoms with Gasteiger partial charge >= 0.3 is 21.8 Å². The molecule has 24 heavy (non-hydrogen) atoms. The minimum absolute atomic E-state index is 0. The molecule has 0 saturated carbocycles. The van der Waals surface area contributed by atoms with E-state index in [4.69, 9.17) is 5.73 Å². The van der Waals surface area contributed by atoms with Crippen LogP contribution in [0.3, 0.4) is 0 Å². The molecule has 0 unspecified atom stereocenters.